The maximum Gasteiger partial charge on any atom is 0.0595 e. The monoisotopic (exact) mass is 283 g/mol. The van der Waals surface area contributed by atoms with Crippen molar-refractivity contribution in [2.75, 3.05) is 7.05 Å². The van der Waals surface area contributed by atoms with Crippen molar-refractivity contribution in [2.45, 2.75) is 12.5 Å². The van der Waals surface area contributed by atoms with Crippen molar-refractivity contribution in [3.05, 3.63) is 51.8 Å². The van der Waals surface area contributed by atoms with E-state index in [1.807, 2.05) is 44.7 Å². The van der Waals surface area contributed by atoms with Gasteiger partial charge in [0, 0.05) is 24.8 Å². The molecule has 2 aromatic rings. The lowest BCUT2D eigenvalue weighted by Crippen LogP contribution is -2.18. The highest BCUT2D eigenvalue weighted by atomic mass is 35.5. The molecule has 0 aliphatic rings. The standard InChI is InChI=1S/C13H15Cl2N3/c1-16-13(10-7-17-18(2)8-10)6-9-3-4-11(14)12(15)5-9/h3-5,7-8,13,16H,6H2,1-2H3. The summed E-state index contributed by atoms with van der Waals surface area (Å²) in [5.41, 5.74) is 2.30. The van der Waals surface area contributed by atoms with Crippen LogP contribution in [0.3, 0.4) is 0 Å². The Kier molecular flexibility index (Phi) is 4.27. The largest absolute Gasteiger partial charge is 0.313 e. The third kappa shape index (κ3) is 3.05. The summed E-state index contributed by atoms with van der Waals surface area (Å²) in [6, 6.07) is 5.95. The van der Waals surface area contributed by atoms with Gasteiger partial charge < -0.3 is 5.32 Å². The Morgan fingerprint density at radius 1 is 1.33 bits per heavy atom. The zero-order chi connectivity index (χ0) is 13.1. The van der Waals surface area contributed by atoms with Gasteiger partial charge >= 0.3 is 0 Å². The average molecular weight is 284 g/mol. The SMILES string of the molecule is CNC(Cc1ccc(Cl)c(Cl)c1)c1cnn(C)c1. The second-order valence-electron chi connectivity index (χ2n) is 4.24. The highest BCUT2D eigenvalue weighted by molar-refractivity contribution is 6.42. The zero-order valence-corrected chi connectivity index (χ0v) is 11.8. The van der Waals surface area contributed by atoms with Crippen molar-refractivity contribution in [2.24, 2.45) is 7.05 Å². The Bertz CT molecular complexity index is 537. The Morgan fingerprint density at radius 2 is 2.11 bits per heavy atom. The number of aryl methyl sites for hydroxylation is 1. The van der Waals surface area contributed by atoms with Crippen LogP contribution < -0.4 is 5.32 Å². The third-order valence-electron chi connectivity index (χ3n) is 2.90. The van der Waals surface area contributed by atoms with Crippen LogP contribution in [0.1, 0.15) is 17.2 Å². The van der Waals surface area contributed by atoms with E-state index in [9.17, 15) is 0 Å². The maximum absolute atomic E-state index is 6.02. The predicted octanol–water partition coefficient (Wildman–Crippen LogP) is 3.23. The molecular weight excluding hydrogens is 269 g/mol. The Morgan fingerprint density at radius 3 is 2.67 bits per heavy atom. The molecule has 0 saturated carbocycles. The fourth-order valence-corrected chi connectivity index (χ4v) is 2.23. The van der Waals surface area contributed by atoms with Crippen LogP contribution in [0.4, 0.5) is 0 Å². The van der Waals surface area contributed by atoms with Gasteiger partial charge in [0.25, 0.3) is 0 Å². The molecule has 96 valence electrons. The summed E-state index contributed by atoms with van der Waals surface area (Å²) in [7, 11) is 3.85. The molecular formula is C13H15Cl2N3. The molecule has 0 spiro atoms. The van der Waals surface area contributed by atoms with E-state index >= 15 is 0 Å². The minimum absolute atomic E-state index is 0.218. The normalized spacial score (nSPS) is 12.7. The van der Waals surface area contributed by atoms with Crippen LogP contribution in [-0.4, -0.2) is 16.8 Å². The number of nitrogens with zero attached hydrogens (tertiary/aromatic N) is 2. The van der Waals surface area contributed by atoms with Gasteiger partial charge in [0.2, 0.25) is 0 Å². The molecule has 5 heteroatoms. The number of nitrogens with one attached hydrogen (secondary N) is 1. The van der Waals surface area contributed by atoms with Crippen LogP contribution in [0.15, 0.2) is 30.6 Å². The predicted molar refractivity (Wildman–Crippen MR) is 75.2 cm³/mol. The smallest absolute Gasteiger partial charge is 0.0595 e. The van der Waals surface area contributed by atoms with E-state index in [1.165, 1.54) is 0 Å². The quantitative estimate of drug-likeness (QED) is 0.934. The van der Waals surface area contributed by atoms with Crippen molar-refractivity contribution >= 4 is 23.2 Å². The lowest BCUT2D eigenvalue weighted by molar-refractivity contribution is 0.591. The third-order valence-corrected chi connectivity index (χ3v) is 3.64. The molecule has 0 radical (unpaired) electrons. The molecule has 18 heavy (non-hydrogen) atoms. The molecule has 3 nitrogen and oxygen atoms in total. The van der Waals surface area contributed by atoms with E-state index < -0.39 is 0 Å². The van der Waals surface area contributed by atoms with Gasteiger partial charge in [0.05, 0.1) is 16.2 Å². The second-order valence-corrected chi connectivity index (χ2v) is 5.06. The van der Waals surface area contributed by atoms with Crippen molar-refractivity contribution in [3.8, 4) is 0 Å². The molecule has 0 amide bonds. The number of halogens is 2. The molecule has 1 heterocycles. The first-order chi connectivity index (χ1) is 8.60. The van der Waals surface area contributed by atoms with E-state index in [2.05, 4.69) is 10.4 Å². The van der Waals surface area contributed by atoms with Crippen LogP contribution in [-0.2, 0) is 13.5 Å². The van der Waals surface area contributed by atoms with Crippen molar-refractivity contribution in [3.63, 3.8) is 0 Å². The highest BCUT2D eigenvalue weighted by Crippen LogP contribution is 2.25. The van der Waals surface area contributed by atoms with E-state index in [0.29, 0.717) is 10.0 Å². The lowest BCUT2D eigenvalue weighted by Gasteiger charge is -2.14. The first kappa shape index (κ1) is 13.4. The molecule has 0 bridgehead atoms. The minimum Gasteiger partial charge on any atom is -0.313 e. The Balaban J connectivity index is 2.17. The molecule has 1 unspecified atom stereocenters. The molecule has 0 aliphatic heterocycles. The van der Waals surface area contributed by atoms with Crippen molar-refractivity contribution < 1.29 is 0 Å². The van der Waals surface area contributed by atoms with Crippen LogP contribution in [0.5, 0.6) is 0 Å². The molecule has 1 atom stereocenters. The van der Waals surface area contributed by atoms with E-state index in [4.69, 9.17) is 23.2 Å². The van der Waals surface area contributed by atoms with Crippen LogP contribution in [0, 0.1) is 0 Å². The number of benzene rings is 1. The first-order valence-corrected chi connectivity index (χ1v) is 6.45. The molecule has 1 aromatic heterocycles. The summed E-state index contributed by atoms with van der Waals surface area (Å²) >= 11 is 11.9. The number of rotatable bonds is 4. The molecule has 0 aliphatic carbocycles. The second kappa shape index (κ2) is 5.74. The van der Waals surface area contributed by atoms with Gasteiger partial charge in [-0.05, 0) is 31.2 Å². The van der Waals surface area contributed by atoms with Crippen LogP contribution in [0.25, 0.3) is 0 Å². The summed E-state index contributed by atoms with van der Waals surface area (Å²) in [5, 5.41) is 8.65. The zero-order valence-electron chi connectivity index (χ0n) is 10.3. The summed E-state index contributed by atoms with van der Waals surface area (Å²) < 4.78 is 1.80. The minimum atomic E-state index is 0.218. The van der Waals surface area contributed by atoms with Gasteiger partial charge in [-0.1, -0.05) is 29.3 Å². The van der Waals surface area contributed by atoms with Gasteiger partial charge in [-0.3, -0.25) is 4.68 Å². The summed E-state index contributed by atoms with van der Waals surface area (Å²) in [5.74, 6) is 0. The van der Waals surface area contributed by atoms with Crippen molar-refractivity contribution in [1.29, 1.82) is 0 Å². The lowest BCUT2D eigenvalue weighted by atomic mass is 10.0. The van der Waals surface area contributed by atoms with E-state index in [0.717, 1.165) is 17.5 Å². The molecule has 1 N–H and O–H groups in total. The van der Waals surface area contributed by atoms with Gasteiger partial charge in [0.15, 0.2) is 0 Å². The van der Waals surface area contributed by atoms with Gasteiger partial charge in [-0.25, -0.2) is 0 Å². The topological polar surface area (TPSA) is 29.9 Å². The van der Waals surface area contributed by atoms with Gasteiger partial charge in [-0.2, -0.15) is 5.10 Å². The van der Waals surface area contributed by atoms with E-state index in [-0.39, 0.29) is 6.04 Å². The molecule has 2 rings (SSSR count). The fourth-order valence-electron chi connectivity index (χ4n) is 1.91. The van der Waals surface area contributed by atoms with Crippen LogP contribution >= 0.6 is 23.2 Å². The van der Waals surface area contributed by atoms with Crippen LogP contribution in [0.2, 0.25) is 10.0 Å². The maximum atomic E-state index is 6.02. The molecule has 0 saturated heterocycles. The summed E-state index contributed by atoms with van der Waals surface area (Å²) in [6.07, 6.45) is 4.73. The molecule has 1 aromatic carbocycles. The molecule has 0 fully saturated rings. The fraction of sp³-hybridized carbons (Fsp3) is 0.308. The first-order valence-electron chi connectivity index (χ1n) is 5.70. The number of aromatic nitrogens is 2. The highest BCUT2D eigenvalue weighted by Gasteiger charge is 2.12. The Hall–Kier alpha value is -1.03. The number of hydrogen-bond acceptors (Lipinski definition) is 2. The summed E-state index contributed by atoms with van der Waals surface area (Å²) in [6.45, 7) is 0. The van der Waals surface area contributed by atoms with E-state index in [1.54, 1.807) is 4.68 Å². The average Bonchev–Trinajstić information content (AvgIpc) is 2.77. The van der Waals surface area contributed by atoms with Gasteiger partial charge in [-0.15, -0.1) is 0 Å². The Labute approximate surface area is 117 Å². The summed E-state index contributed by atoms with van der Waals surface area (Å²) in [4.78, 5) is 0. The van der Waals surface area contributed by atoms with Gasteiger partial charge in [0.1, 0.15) is 0 Å². The number of likely N-dealkylation sites (N-methyl/N-ethyl adjacent to an activating group) is 1. The number of hydrogen-bond donors (Lipinski definition) is 1. The van der Waals surface area contributed by atoms with Crippen molar-refractivity contribution in [1.82, 2.24) is 15.1 Å².